The van der Waals surface area contributed by atoms with Crippen LogP contribution in [0.4, 0.5) is 5.95 Å². The van der Waals surface area contributed by atoms with E-state index in [4.69, 9.17) is 0 Å². The Morgan fingerprint density at radius 2 is 2.06 bits per heavy atom. The number of imidazole rings is 1. The van der Waals surface area contributed by atoms with E-state index in [-0.39, 0.29) is 23.7 Å². The zero-order valence-corrected chi connectivity index (χ0v) is 16.9. The van der Waals surface area contributed by atoms with Crippen LogP contribution in [0.25, 0.3) is 11.7 Å². The van der Waals surface area contributed by atoms with Gasteiger partial charge in [-0.1, -0.05) is 24.3 Å². The highest BCUT2D eigenvalue weighted by Crippen LogP contribution is 2.33. The second-order valence-electron chi connectivity index (χ2n) is 8.12. The Morgan fingerprint density at radius 1 is 1.22 bits per heavy atom. The molecule has 3 heterocycles. The van der Waals surface area contributed by atoms with Crippen LogP contribution in [0.5, 0.6) is 5.88 Å². The molecule has 11 nitrogen and oxygen atoms in total. The first-order chi connectivity index (χ1) is 15.5. The maximum atomic E-state index is 11.5. The van der Waals surface area contributed by atoms with Gasteiger partial charge in [0.25, 0.3) is 5.62 Å². The van der Waals surface area contributed by atoms with Crippen molar-refractivity contribution in [1.29, 1.82) is 0 Å². The molecule has 0 aliphatic heterocycles. The Bertz CT molecular complexity index is 1510. The van der Waals surface area contributed by atoms with E-state index in [1.165, 1.54) is 4.52 Å². The van der Waals surface area contributed by atoms with Gasteiger partial charge in [0.2, 0.25) is 11.8 Å². The summed E-state index contributed by atoms with van der Waals surface area (Å²) in [4.78, 5) is 30.1. The molecule has 4 aromatic rings. The molecule has 5 N–H and O–H groups in total. The van der Waals surface area contributed by atoms with Crippen molar-refractivity contribution in [3.63, 3.8) is 0 Å². The molecule has 11 heteroatoms. The minimum Gasteiger partial charge on any atom is -0.493 e. The van der Waals surface area contributed by atoms with Crippen LogP contribution in [0.1, 0.15) is 35.7 Å². The second kappa shape index (κ2) is 7.02. The van der Waals surface area contributed by atoms with Crippen molar-refractivity contribution in [2.75, 3.05) is 5.32 Å². The zero-order chi connectivity index (χ0) is 21.8. The smallest absolute Gasteiger partial charge is 0.326 e. The predicted molar refractivity (Wildman–Crippen MR) is 114 cm³/mol. The van der Waals surface area contributed by atoms with Gasteiger partial charge in [0.15, 0.2) is 5.65 Å². The van der Waals surface area contributed by atoms with E-state index in [0.29, 0.717) is 28.9 Å². The molecule has 0 bridgehead atoms. The molecule has 0 spiro atoms. The molecule has 0 radical (unpaired) electrons. The Balaban J connectivity index is 1.49. The third kappa shape index (κ3) is 3.23. The summed E-state index contributed by atoms with van der Waals surface area (Å²) >= 11 is 0. The van der Waals surface area contributed by atoms with Crippen LogP contribution >= 0.6 is 0 Å². The molecule has 2 aliphatic carbocycles. The number of aliphatic hydroxyl groups excluding tert-OH is 1. The van der Waals surface area contributed by atoms with E-state index in [1.54, 1.807) is 12.3 Å². The van der Waals surface area contributed by atoms with Crippen molar-refractivity contribution < 1.29 is 10.2 Å². The van der Waals surface area contributed by atoms with E-state index in [0.717, 1.165) is 24.0 Å². The van der Waals surface area contributed by atoms with Crippen LogP contribution in [-0.4, -0.2) is 51.9 Å². The first-order valence-electron chi connectivity index (χ1n) is 10.4. The summed E-state index contributed by atoms with van der Waals surface area (Å²) in [5.74, 6) is 0.0509. The van der Waals surface area contributed by atoms with Gasteiger partial charge in [-0.05, 0) is 30.0 Å². The van der Waals surface area contributed by atoms with Crippen molar-refractivity contribution in [3.8, 4) is 5.88 Å². The summed E-state index contributed by atoms with van der Waals surface area (Å²) in [7, 11) is 0. The van der Waals surface area contributed by atoms with Crippen LogP contribution in [0.2, 0.25) is 0 Å². The second-order valence-corrected chi connectivity index (χ2v) is 8.12. The van der Waals surface area contributed by atoms with E-state index < -0.39 is 11.8 Å². The Kier molecular flexibility index (Phi) is 4.12. The van der Waals surface area contributed by atoms with E-state index in [9.17, 15) is 15.0 Å². The van der Waals surface area contributed by atoms with Gasteiger partial charge in [0, 0.05) is 11.6 Å². The lowest BCUT2D eigenvalue weighted by molar-refractivity contribution is 0.165. The molecule has 2 atom stereocenters. The molecule has 2 aliphatic rings. The van der Waals surface area contributed by atoms with Crippen molar-refractivity contribution in [2.24, 2.45) is 4.99 Å². The number of hydrogen-bond donors (Lipinski definition) is 5. The molecular formula is C21H20N8O3. The minimum atomic E-state index is -0.603. The molecule has 3 aromatic heterocycles. The number of H-pyrrole nitrogens is 2. The van der Waals surface area contributed by atoms with Crippen molar-refractivity contribution >= 4 is 17.7 Å². The van der Waals surface area contributed by atoms with Gasteiger partial charge >= 0.3 is 5.69 Å². The first-order valence-corrected chi connectivity index (χ1v) is 10.4. The minimum absolute atomic E-state index is 0.209. The largest absolute Gasteiger partial charge is 0.493 e. The number of fused-ring (bicyclic) bond motifs is 2. The number of benzene rings is 1. The lowest BCUT2D eigenvalue weighted by Gasteiger charge is -2.17. The maximum absolute atomic E-state index is 11.5. The summed E-state index contributed by atoms with van der Waals surface area (Å²) < 4.78 is 1.54. The maximum Gasteiger partial charge on any atom is 0.326 e. The molecule has 0 amide bonds. The lowest BCUT2D eigenvalue weighted by Crippen LogP contribution is -2.28. The number of nitrogens with one attached hydrogen (secondary N) is 3. The molecule has 162 valence electrons. The number of aliphatic hydroxyl groups is 1. The molecule has 6 rings (SSSR count). The van der Waals surface area contributed by atoms with Gasteiger partial charge in [0.05, 0.1) is 24.4 Å². The van der Waals surface area contributed by atoms with Gasteiger partial charge in [-0.3, -0.25) is 4.98 Å². The van der Waals surface area contributed by atoms with Crippen molar-refractivity contribution in [1.82, 2.24) is 29.5 Å². The average Bonchev–Trinajstić information content (AvgIpc) is 3.29. The fourth-order valence-electron chi connectivity index (χ4n) is 4.03. The van der Waals surface area contributed by atoms with Crippen LogP contribution in [-0.2, 0) is 6.42 Å². The van der Waals surface area contributed by atoms with Gasteiger partial charge in [-0.15, -0.1) is 0 Å². The van der Waals surface area contributed by atoms with E-state index in [2.05, 4.69) is 35.3 Å². The quantitative estimate of drug-likeness (QED) is 0.292. The standard InChI is InChI=1S/C21H20N8O3/c30-15-8-10-3-1-2-4-13(10)16(15)25-19-26-17-11(7-14-18(31)27-21(32)24-14)9-22-29(17)20(28-19)23-12-5-6-12/h1-4,7,9,12,15-16,30-31H,5-6,8H2,(H,23,25,28)(H2,24,27,32)/t15-,16-/m1/s1. The number of hydrogen-bond acceptors (Lipinski definition) is 8. The number of aromatic amines is 2. The highest BCUT2D eigenvalue weighted by atomic mass is 16.3. The molecule has 0 saturated heterocycles. The van der Waals surface area contributed by atoms with E-state index >= 15 is 0 Å². The summed E-state index contributed by atoms with van der Waals surface area (Å²) in [6.07, 6.45) is 5.11. The monoisotopic (exact) mass is 432 g/mol. The van der Waals surface area contributed by atoms with Gasteiger partial charge in [0.1, 0.15) is 5.69 Å². The first kappa shape index (κ1) is 18.8. The zero-order valence-electron chi connectivity index (χ0n) is 16.9. The molecule has 1 fully saturated rings. The summed E-state index contributed by atoms with van der Waals surface area (Å²) in [6, 6.07) is 7.76. The Morgan fingerprint density at radius 3 is 2.84 bits per heavy atom. The summed E-state index contributed by atoms with van der Waals surface area (Å²) in [5.41, 5.74) is 2.68. The third-order valence-electron chi connectivity index (χ3n) is 5.75. The van der Waals surface area contributed by atoms with Crippen molar-refractivity contribution in [2.45, 2.75) is 37.5 Å². The van der Waals surface area contributed by atoms with Crippen LogP contribution in [0.15, 0.2) is 40.2 Å². The SMILES string of the molecule is O=c1[nH]c(O)c(C=c2cnn3c(=NC4CC4)nc(N[C@@H]4c5ccccc5C[C@H]4O)nc23)[nH]1. The number of aromatic nitrogens is 6. The average molecular weight is 432 g/mol. The van der Waals surface area contributed by atoms with Crippen LogP contribution in [0, 0.1) is 0 Å². The molecule has 32 heavy (non-hydrogen) atoms. The Labute approximate surface area is 180 Å². The number of aromatic hydroxyl groups is 1. The van der Waals surface area contributed by atoms with Crippen LogP contribution in [0.3, 0.4) is 0 Å². The van der Waals surface area contributed by atoms with Gasteiger partial charge in [-0.2, -0.15) is 19.6 Å². The lowest BCUT2D eigenvalue weighted by atomic mass is 10.1. The van der Waals surface area contributed by atoms with Crippen LogP contribution < -0.4 is 21.8 Å². The molecule has 1 saturated carbocycles. The normalized spacial score (nSPS) is 21.4. The van der Waals surface area contributed by atoms with Gasteiger partial charge < -0.3 is 20.5 Å². The highest BCUT2D eigenvalue weighted by Gasteiger charge is 2.31. The number of rotatable bonds is 4. The highest BCUT2D eigenvalue weighted by molar-refractivity contribution is 5.57. The molecular weight excluding hydrogens is 412 g/mol. The Hall–Kier alpha value is -3.99. The number of anilines is 1. The molecule has 1 aromatic carbocycles. The number of nitrogens with zero attached hydrogens (tertiary/aromatic N) is 5. The predicted octanol–water partition coefficient (Wildman–Crippen LogP) is -0.473. The molecule has 0 unspecified atom stereocenters. The van der Waals surface area contributed by atoms with Crippen molar-refractivity contribution in [3.05, 3.63) is 68.6 Å². The van der Waals surface area contributed by atoms with Gasteiger partial charge in [-0.25, -0.2) is 9.79 Å². The third-order valence-corrected chi connectivity index (χ3v) is 5.75. The fourth-order valence-corrected chi connectivity index (χ4v) is 4.03. The fraction of sp³-hybridized carbons (Fsp3) is 0.286. The topological polar surface area (TPSA) is 157 Å². The van der Waals surface area contributed by atoms with E-state index in [1.807, 2.05) is 24.3 Å². The summed E-state index contributed by atoms with van der Waals surface area (Å²) in [5, 5.41) is 28.7. The summed E-state index contributed by atoms with van der Waals surface area (Å²) in [6.45, 7) is 0.